The predicted molar refractivity (Wildman–Crippen MR) is 128 cm³/mol. The number of rotatable bonds is 19. The van der Waals surface area contributed by atoms with E-state index in [0.29, 0.717) is 25.7 Å². The Morgan fingerprint density at radius 2 is 0.871 bits per heavy atom. The van der Waals surface area contributed by atoms with Crippen molar-refractivity contribution in [2.75, 3.05) is 0 Å². The lowest BCUT2D eigenvalue weighted by atomic mass is 9.52. The maximum Gasteiger partial charge on any atom is 0.310 e. The van der Waals surface area contributed by atoms with E-state index in [2.05, 4.69) is 6.92 Å². The third-order valence-corrected chi connectivity index (χ3v) is 7.86. The van der Waals surface area contributed by atoms with E-state index in [4.69, 9.17) is 0 Å². The summed E-state index contributed by atoms with van der Waals surface area (Å²) in [6.45, 7) is 4.30. The van der Waals surface area contributed by atoms with Gasteiger partial charge in [-0.15, -0.1) is 0 Å². The van der Waals surface area contributed by atoms with Crippen molar-refractivity contribution >= 4 is 11.9 Å². The van der Waals surface area contributed by atoms with Gasteiger partial charge >= 0.3 is 11.9 Å². The van der Waals surface area contributed by atoms with Crippen LogP contribution in [0.15, 0.2) is 0 Å². The molecule has 0 aliphatic heterocycles. The first-order valence-electron chi connectivity index (χ1n) is 13.4. The van der Waals surface area contributed by atoms with Gasteiger partial charge in [0.05, 0.1) is 10.8 Å². The Morgan fingerprint density at radius 3 is 1.23 bits per heavy atom. The third kappa shape index (κ3) is 8.42. The minimum absolute atomic E-state index is 0.504. The van der Waals surface area contributed by atoms with Crippen molar-refractivity contribution in [3.8, 4) is 0 Å². The predicted octanol–water partition coefficient (Wildman–Crippen LogP) is 8.37. The summed E-state index contributed by atoms with van der Waals surface area (Å²) in [5.74, 6) is -1.75. The molecular weight excluding hydrogens is 388 g/mol. The Hall–Kier alpha value is -1.06. The summed E-state index contributed by atoms with van der Waals surface area (Å²) in [7, 11) is 0. The molecule has 4 heteroatoms. The third-order valence-electron chi connectivity index (χ3n) is 7.86. The molecule has 1 aliphatic rings. The van der Waals surface area contributed by atoms with Crippen LogP contribution in [0.1, 0.15) is 149 Å². The second-order valence-electron chi connectivity index (χ2n) is 10.1. The molecule has 1 rings (SSSR count). The number of carboxylic acid groups (broad SMARTS) is 2. The van der Waals surface area contributed by atoms with Gasteiger partial charge in [-0.3, -0.25) is 9.59 Å². The zero-order valence-electron chi connectivity index (χ0n) is 20.6. The van der Waals surface area contributed by atoms with Crippen LogP contribution in [0.25, 0.3) is 0 Å². The van der Waals surface area contributed by atoms with Crippen LogP contribution in [0.5, 0.6) is 0 Å². The molecule has 2 N–H and O–H groups in total. The van der Waals surface area contributed by atoms with Gasteiger partial charge in [0, 0.05) is 0 Å². The number of carbonyl (C=O) groups is 2. The summed E-state index contributed by atoms with van der Waals surface area (Å²) in [4.78, 5) is 24.8. The number of hydrogen-bond acceptors (Lipinski definition) is 2. The number of unbranched alkanes of at least 4 members (excludes halogenated alkanes) is 13. The molecule has 0 heterocycles. The summed E-state index contributed by atoms with van der Waals surface area (Å²) >= 11 is 0. The molecule has 1 fully saturated rings. The van der Waals surface area contributed by atoms with Gasteiger partial charge in [-0.2, -0.15) is 0 Å². The fourth-order valence-corrected chi connectivity index (χ4v) is 5.82. The molecule has 0 spiro atoms. The van der Waals surface area contributed by atoms with Crippen LogP contribution in [-0.2, 0) is 9.59 Å². The summed E-state index contributed by atoms with van der Waals surface area (Å²) in [6, 6.07) is 0. The van der Waals surface area contributed by atoms with Crippen molar-refractivity contribution in [2.24, 2.45) is 10.8 Å². The van der Waals surface area contributed by atoms with Crippen molar-refractivity contribution < 1.29 is 19.8 Å². The van der Waals surface area contributed by atoms with Gasteiger partial charge in [-0.25, -0.2) is 0 Å². The summed E-state index contributed by atoms with van der Waals surface area (Å²) < 4.78 is 0. The van der Waals surface area contributed by atoms with Crippen molar-refractivity contribution in [3.63, 3.8) is 0 Å². The molecular formula is C27H50O4. The molecule has 0 amide bonds. The van der Waals surface area contributed by atoms with E-state index < -0.39 is 22.8 Å². The molecule has 0 aromatic rings. The molecule has 0 saturated heterocycles. The highest BCUT2D eigenvalue weighted by atomic mass is 16.4. The van der Waals surface area contributed by atoms with Crippen LogP contribution in [0.3, 0.4) is 0 Å². The lowest BCUT2D eigenvalue weighted by molar-refractivity contribution is -0.182. The summed E-state index contributed by atoms with van der Waals surface area (Å²) in [5, 5.41) is 20.3. The lowest BCUT2D eigenvalue weighted by Crippen LogP contribution is -2.54. The standard InChI is InChI=1S/C27H50O4/c1-3-5-7-8-9-10-11-12-13-14-15-16-17-21-27(25(30)31)23-19-18-22-26(27,24(28)29)20-6-4-2/h3-23H2,1-2H3,(H,28,29)(H,30,31). The second kappa shape index (κ2) is 15.7. The maximum atomic E-state index is 12.4. The van der Waals surface area contributed by atoms with Crippen LogP contribution < -0.4 is 0 Å². The first kappa shape index (κ1) is 28.0. The van der Waals surface area contributed by atoms with Gasteiger partial charge in [0.1, 0.15) is 0 Å². The van der Waals surface area contributed by atoms with Crippen molar-refractivity contribution in [2.45, 2.75) is 149 Å². The molecule has 1 aliphatic carbocycles. The van der Waals surface area contributed by atoms with Gasteiger partial charge in [-0.1, -0.05) is 123 Å². The fourth-order valence-electron chi connectivity index (χ4n) is 5.82. The minimum atomic E-state index is -1.08. The van der Waals surface area contributed by atoms with Crippen molar-refractivity contribution in [1.82, 2.24) is 0 Å². The normalized spacial score (nSPS) is 23.7. The second-order valence-corrected chi connectivity index (χ2v) is 10.1. The number of hydrogen-bond donors (Lipinski definition) is 2. The van der Waals surface area contributed by atoms with E-state index in [1.807, 2.05) is 6.92 Å². The molecule has 0 aromatic carbocycles. The molecule has 4 nitrogen and oxygen atoms in total. The fraction of sp³-hybridized carbons (Fsp3) is 0.926. The van der Waals surface area contributed by atoms with Crippen LogP contribution >= 0.6 is 0 Å². The minimum Gasteiger partial charge on any atom is -0.481 e. The average molecular weight is 439 g/mol. The SMILES string of the molecule is CCCCCCCCCCCCCCCC1(C(=O)O)CCCCC1(CCCC)C(=O)O. The largest absolute Gasteiger partial charge is 0.481 e. The van der Waals surface area contributed by atoms with Gasteiger partial charge in [0.25, 0.3) is 0 Å². The molecule has 182 valence electrons. The highest BCUT2D eigenvalue weighted by Crippen LogP contribution is 2.56. The van der Waals surface area contributed by atoms with E-state index in [9.17, 15) is 19.8 Å². The van der Waals surface area contributed by atoms with E-state index in [0.717, 1.165) is 44.9 Å². The van der Waals surface area contributed by atoms with Crippen LogP contribution in [0, 0.1) is 10.8 Å². The zero-order chi connectivity index (χ0) is 23.0. The van der Waals surface area contributed by atoms with Crippen LogP contribution in [0.2, 0.25) is 0 Å². The molecule has 2 unspecified atom stereocenters. The summed E-state index contributed by atoms with van der Waals surface area (Å²) in [5.41, 5.74) is -2.16. The quantitative estimate of drug-likeness (QED) is 0.199. The van der Waals surface area contributed by atoms with E-state index in [-0.39, 0.29) is 0 Å². The highest BCUT2D eigenvalue weighted by Gasteiger charge is 2.61. The van der Waals surface area contributed by atoms with E-state index in [1.165, 1.54) is 64.2 Å². The molecule has 1 saturated carbocycles. The number of aliphatic carboxylic acids is 2. The average Bonchev–Trinajstić information content (AvgIpc) is 2.75. The topological polar surface area (TPSA) is 74.6 Å². The molecule has 2 atom stereocenters. The highest BCUT2D eigenvalue weighted by molar-refractivity contribution is 5.87. The Morgan fingerprint density at radius 1 is 0.548 bits per heavy atom. The van der Waals surface area contributed by atoms with E-state index >= 15 is 0 Å². The molecule has 31 heavy (non-hydrogen) atoms. The monoisotopic (exact) mass is 438 g/mol. The van der Waals surface area contributed by atoms with Gasteiger partial charge in [0.2, 0.25) is 0 Å². The van der Waals surface area contributed by atoms with E-state index in [1.54, 1.807) is 0 Å². The van der Waals surface area contributed by atoms with Crippen molar-refractivity contribution in [3.05, 3.63) is 0 Å². The summed E-state index contributed by atoms with van der Waals surface area (Å²) in [6.07, 6.45) is 21.8. The molecule has 0 bridgehead atoms. The van der Waals surface area contributed by atoms with Crippen molar-refractivity contribution in [1.29, 1.82) is 0 Å². The smallest absolute Gasteiger partial charge is 0.310 e. The van der Waals surface area contributed by atoms with Gasteiger partial charge in [0.15, 0.2) is 0 Å². The van der Waals surface area contributed by atoms with Crippen LogP contribution in [-0.4, -0.2) is 22.2 Å². The molecule has 0 aromatic heterocycles. The lowest BCUT2D eigenvalue weighted by Gasteiger charge is -2.48. The molecule has 0 radical (unpaired) electrons. The van der Waals surface area contributed by atoms with Gasteiger partial charge in [-0.05, 0) is 25.7 Å². The Bertz CT molecular complexity index is 503. The zero-order valence-corrected chi connectivity index (χ0v) is 20.6. The maximum absolute atomic E-state index is 12.4. The Balaban J connectivity index is 2.39. The Labute approximate surface area is 191 Å². The van der Waals surface area contributed by atoms with Gasteiger partial charge < -0.3 is 10.2 Å². The first-order chi connectivity index (χ1) is 15.0. The Kier molecular flexibility index (Phi) is 14.2. The van der Waals surface area contributed by atoms with Crippen LogP contribution in [0.4, 0.5) is 0 Å². The number of carboxylic acids is 2. The first-order valence-corrected chi connectivity index (χ1v) is 13.4.